The number of hydrogen-bond donors (Lipinski definition) is 0. The second-order valence-electron chi connectivity index (χ2n) is 4.62. The summed E-state index contributed by atoms with van der Waals surface area (Å²) in [4.78, 5) is 0. The lowest BCUT2D eigenvalue weighted by molar-refractivity contribution is 0.641. The molecule has 21 heavy (non-hydrogen) atoms. The third kappa shape index (κ3) is 3.37. The average molecular weight is 315 g/mol. The topological polar surface area (TPSA) is 47.6 Å². The standard InChI is InChI=1S/C17H12Cl2N2/c18-15-7-4-8-16(19)17(15)14(11-21)13(9-10-20)12-5-2-1-3-6-12/h1-8,13-14H,9H2. The van der Waals surface area contributed by atoms with Crippen LogP contribution in [0.2, 0.25) is 10.0 Å². The van der Waals surface area contributed by atoms with Crippen LogP contribution >= 0.6 is 23.2 Å². The van der Waals surface area contributed by atoms with Crippen LogP contribution < -0.4 is 0 Å². The van der Waals surface area contributed by atoms with Gasteiger partial charge in [-0.1, -0.05) is 59.6 Å². The van der Waals surface area contributed by atoms with E-state index in [2.05, 4.69) is 12.1 Å². The SMILES string of the molecule is N#CCC(c1ccccc1)C(C#N)c1c(Cl)cccc1Cl. The molecule has 0 aliphatic carbocycles. The monoisotopic (exact) mass is 314 g/mol. The van der Waals surface area contributed by atoms with Crippen LogP contribution in [0.25, 0.3) is 0 Å². The van der Waals surface area contributed by atoms with E-state index in [9.17, 15) is 5.26 Å². The molecule has 0 spiro atoms. The maximum Gasteiger partial charge on any atom is 0.0820 e. The molecule has 0 aliphatic heterocycles. The number of nitriles is 2. The second-order valence-corrected chi connectivity index (χ2v) is 5.44. The fourth-order valence-electron chi connectivity index (χ4n) is 2.39. The zero-order chi connectivity index (χ0) is 15.2. The molecule has 4 heteroatoms. The minimum Gasteiger partial charge on any atom is -0.198 e. The maximum absolute atomic E-state index is 9.61. The van der Waals surface area contributed by atoms with Gasteiger partial charge in [0.15, 0.2) is 0 Å². The van der Waals surface area contributed by atoms with Crippen molar-refractivity contribution >= 4 is 23.2 Å². The largest absolute Gasteiger partial charge is 0.198 e. The molecule has 0 saturated carbocycles. The summed E-state index contributed by atoms with van der Waals surface area (Å²) in [6, 6.07) is 19.1. The Kier molecular flexibility index (Phi) is 5.23. The van der Waals surface area contributed by atoms with Crippen LogP contribution in [0.1, 0.15) is 29.4 Å². The lowest BCUT2D eigenvalue weighted by Gasteiger charge is -2.22. The van der Waals surface area contributed by atoms with E-state index in [1.807, 2.05) is 30.3 Å². The normalized spacial score (nSPS) is 13.0. The van der Waals surface area contributed by atoms with E-state index < -0.39 is 5.92 Å². The van der Waals surface area contributed by atoms with Crippen molar-refractivity contribution in [3.8, 4) is 12.1 Å². The Labute approximate surface area is 134 Å². The van der Waals surface area contributed by atoms with E-state index >= 15 is 0 Å². The lowest BCUT2D eigenvalue weighted by atomic mass is 9.80. The molecule has 0 fully saturated rings. The summed E-state index contributed by atoms with van der Waals surface area (Å²) >= 11 is 12.4. The summed E-state index contributed by atoms with van der Waals surface area (Å²) < 4.78 is 0. The number of rotatable bonds is 4. The summed E-state index contributed by atoms with van der Waals surface area (Å²) in [6.07, 6.45) is 0.226. The van der Waals surface area contributed by atoms with Gasteiger partial charge in [-0.2, -0.15) is 10.5 Å². The Hall–Kier alpha value is -2.00. The highest BCUT2D eigenvalue weighted by Crippen LogP contribution is 2.41. The van der Waals surface area contributed by atoms with Crippen LogP contribution in [-0.4, -0.2) is 0 Å². The van der Waals surface area contributed by atoms with Gasteiger partial charge in [-0.15, -0.1) is 0 Å². The van der Waals surface area contributed by atoms with Gasteiger partial charge in [-0.3, -0.25) is 0 Å². The number of nitrogens with zero attached hydrogens (tertiary/aromatic N) is 2. The Bertz CT molecular complexity index is 679. The van der Waals surface area contributed by atoms with Crippen molar-refractivity contribution in [2.75, 3.05) is 0 Å². The van der Waals surface area contributed by atoms with Gasteiger partial charge < -0.3 is 0 Å². The molecular weight excluding hydrogens is 303 g/mol. The number of benzene rings is 2. The van der Waals surface area contributed by atoms with Crippen molar-refractivity contribution in [2.45, 2.75) is 18.3 Å². The lowest BCUT2D eigenvalue weighted by Crippen LogP contribution is -2.11. The molecule has 0 aliphatic rings. The molecule has 2 aromatic rings. The molecule has 2 aromatic carbocycles. The minimum atomic E-state index is -0.562. The minimum absolute atomic E-state index is 0.226. The van der Waals surface area contributed by atoms with Crippen molar-refractivity contribution in [2.24, 2.45) is 0 Å². The van der Waals surface area contributed by atoms with Crippen LogP contribution in [0.3, 0.4) is 0 Å². The summed E-state index contributed by atoms with van der Waals surface area (Å²) in [7, 11) is 0. The van der Waals surface area contributed by atoms with E-state index in [0.29, 0.717) is 15.6 Å². The summed E-state index contributed by atoms with van der Waals surface area (Å²) in [6.45, 7) is 0. The third-order valence-corrected chi connectivity index (χ3v) is 4.05. The Morgan fingerprint density at radius 3 is 2.05 bits per heavy atom. The van der Waals surface area contributed by atoms with Gasteiger partial charge in [-0.05, 0) is 17.7 Å². The van der Waals surface area contributed by atoms with Gasteiger partial charge in [-0.25, -0.2) is 0 Å². The predicted molar refractivity (Wildman–Crippen MR) is 84.2 cm³/mol. The molecule has 0 heterocycles. The number of halogens is 2. The van der Waals surface area contributed by atoms with Crippen molar-refractivity contribution in [1.29, 1.82) is 10.5 Å². The molecule has 0 bridgehead atoms. The van der Waals surface area contributed by atoms with E-state index in [4.69, 9.17) is 28.5 Å². The van der Waals surface area contributed by atoms with Crippen LogP contribution in [0.4, 0.5) is 0 Å². The maximum atomic E-state index is 9.61. The van der Waals surface area contributed by atoms with E-state index in [1.54, 1.807) is 18.2 Å². The second kappa shape index (κ2) is 7.14. The smallest absolute Gasteiger partial charge is 0.0820 e. The van der Waals surface area contributed by atoms with Gasteiger partial charge in [0.2, 0.25) is 0 Å². The molecule has 2 unspecified atom stereocenters. The third-order valence-electron chi connectivity index (χ3n) is 3.39. The molecule has 2 nitrogen and oxygen atoms in total. The first kappa shape index (κ1) is 15.4. The van der Waals surface area contributed by atoms with E-state index in [1.165, 1.54) is 0 Å². The van der Waals surface area contributed by atoms with Crippen molar-refractivity contribution in [1.82, 2.24) is 0 Å². The fraction of sp³-hybridized carbons (Fsp3) is 0.176. The summed E-state index contributed by atoms with van der Waals surface area (Å²) in [5, 5.41) is 19.6. The van der Waals surface area contributed by atoms with Gasteiger partial charge in [0.25, 0.3) is 0 Å². The van der Waals surface area contributed by atoms with Gasteiger partial charge in [0.1, 0.15) is 0 Å². The zero-order valence-electron chi connectivity index (χ0n) is 11.1. The van der Waals surface area contributed by atoms with Crippen molar-refractivity contribution < 1.29 is 0 Å². The first-order valence-electron chi connectivity index (χ1n) is 6.44. The van der Waals surface area contributed by atoms with Gasteiger partial charge in [0, 0.05) is 27.9 Å². The van der Waals surface area contributed by atoms with Crippen LogP contribution in [0, 0.1) is 22.7 Å². The fourth-order valence-corrected chi connectivity index (χ4v) is 3.02. The first-order valence-corrected chi connectivity index (χ1v) is 7.20. The predicted octanol–water partition coefficient (Wildman–Crippen LogP) is 5.30. The Morgan fingerprint density at radius 1 is 0.905 bits per heavy atom. The van der Waals surface area contributed by atoms with Crippen LogP contribution in [0.5, 0.6) is 0 Å². The molecule has 0 N–H and O–H groups in total. The molecule has 104 valence electrons. The summed E-state index contributed by atoms with van der Waals surface area (Å²) in [5.74, 6) is -0.827. The van der Waals surface area contributed by atoms with Crippen LogP contribution in [-0.2, 0) is 0 Å². The zero-order valence-corrected chi connectivity index (χ0v) is 12.6. The van der Waals surface area contributed by atoms with Gasteiger partial charge >= 0.3 is 0 Å². The van der Waals surface area contributed by atoms with E-state index in [-0.39, 0.29) is 12.3 Å². The highest BCUT2D eigenvalue weighted by atomic mass is 35.5. The first-order chi connectivity index (χ1) is 10.2. The molecule has 0 aromatic heterocycles. The van der Waals surface area contributed by atoms with Crippen LogP contribution in [0.15, 0.2) is 48.5 Å². The molecule has 0 amide bonds. The average Bonchev–Trinajstić information content (AvgIpc) is 2.50. The molecule has 0 radical (unpaired) electrons. The van der Waals surface area contributed by atoms with Crippen molar-refractivity contribution in [3.63, 3.8) is 0 Å². The van der Waals surface area contributed by atoms with Gasteiger partial charge in [0.05, 0.1) is 18.1 Å². The van der Waals surface area contributed by atoms with E-state index in [0.717, 1.165) is 5.56 Å². The molecule has 2 rings (SSSR count). The highest BCUT2D eigenvalue weighted by molar-refractivity contribution is 6.36. The highest BCUT2D eigenvalue weighted by Gasteiger charge is 2.28. The van der Waals surface area contributed by atoms with Crippen molar-refractivity contribution in [3.05, 3.63) is 69.7 Å². The summed E-state index contributed by atoms with van der Waals surface area (Å²) in [5.41, 5.74) is 1.52. The Morgan fingerprint density at radius 2 is 1.52 bits per heavy atom. The molecular formula is C17H12Cl2N2. The molecule has 0 saturated heterocycles. The number of hydrogen-bond acceptors (Lipinski definition) is 2. The Balaban J connectivity index is 2.52. The quantitative estimate of drug-likeness (QED) is 0.769. The molecule has 2 atom stereocenters.